The number of amides is 1. The predicted molar refractivity (Wildman–Crippen MR) is 90.7 cm³/mol. The minimum Gasteiger partial charge on any atom is -0.469 e. The molecule has 5 nitrogen and oxygen atoms in total. The number of rotatable bonds is 8. The number of anilines is 1. The summed E-state index contributed by atoms with van der Waals surface area (Å²) in [7, 11) is 1.37. The van der Waals surface area contributed by atoms with Crippen molar-refractivity contribution in [3.8, 4) is 0 Å². The Hall–Kier alpha value is -1.40. The third-order valence-electron chi connectivity index (χ3n) is 3.00. The molecule has 0 spiro atoms. The van der Waals surface area contributed by atoms with E-state index < -0.39 is 0 Å². The van der Waals surface area contributed by atoms with Crippen molar-refractivity contribution in [1.29, 1.82) is 0 Å². The van der Waals surface area contributed by atoms with Crippen LogP contribution in [0.2, 0.25) is 0 Å². The van der Waals surface area contributed by atoms with E-state index in [1.54, 1.807) is 0 Å². The quantitative estimate of drug-likeness (QED) is 0.714. The fourth-order valence-corrected chi connectivity index (χ4v) is 2.44. The Labute approximate surface area is 140 Å². The van der Waals surface area contributed by atoms with Crippen LogP contribution in [0.15, 0.2) is 28.7 Å². The van der Waals surface area contributed by atoms with Crippen LogP contribution in [0.4, 0.5) is 5.69 Å². The summed E-state index contributed by atoms with van der Waals surface area (Å²) in [4.78, 5) is 25.4. The third kappa shape index (κ3) is 7.04. The summed E-state index contributed by atoms with van der Waals surface area (Å²) in [6.45, 7) is 5.67. The van der Waals surface area contributed by atoms with E-state index in [2.05, 4.69) is 39.8 Å². The molecule has 0 saturated heterocycles. The number of hydrogen-bond donors (Lipinski definition) is 1. The number of ether oxygens (including phenoxy) is 1. The predicted octanol–water partition coefficient (Wildman–Crippen LogP) is 2.91. The zero-order chi connectivity index (χ0) is 16.5. The van der Waals surface area contributed by atoms with Gasteiger partial charge in [0.2, 0.25) is 5.91 Å². The van der Waals surface area contributed by atoms with Crippen LogP contribution in [0.5, 0.6) is 0 Å². The van der Waals surface area contributed by atoms with Crippen molar-refractivity contribution in [2.24, 2.45) is 5.92 Å². The number of carbonyl (C=O) groups excluding carboxylic acids is 2. The smallest absolute Gasteiger partial charge is 0.306 e. The molecule has 0 saturated carbocycles. The minimum atomic E-state index is -0.264. The van der Waals surface area contributed by atoms with Crippen LogP contribution in [-0.4, -0.2) is 43.5 Å². The van der Waals surface area contributed by atoms with Crippen LogP contribution in [-0.2, 0) is 14.3 Å². The van der Waals surface area contributed by atoms with Gasteiger partial charge in [-0.3, -0.25) is 14.5 Å². The number of methoxy groups -OCH3 is 1. The molecule has 0 radical (unpaired) electrons. The van der Waals surface area contributed by atoms with Gasteiger partial charge < -0.3 is 10.1 Å². The van der Waals surface area contributed by atoms with Crippen LogP contribution >= 0.6 is 15.9 Å². The van der Waals surface area contributed by atoms with Crippen molar-refractivity contribution in [3.05, 3.63) is 28.7 Å². The molecule has 1 N–H and O–H groups in total. The Morgan fingerprint density at radius 3 is 2.59 bits per heavy atom. The maximum absolute atomic E-state index is 12.2. The van der Waals surface area contributed by atoms with Crippen LogP contribution < -0.4 is 5.32 Å². The summed E-state index contributed by atoms with van der Waals surface area (Å²) >= 11 is 3.40. The fourth-order valence-electron chi connectivity index (χ4n) is 2.06. The van der Waals surface area contributed by atoms with E-state index in [1.165, 1.54) is 7.11 Å². The van der Waals surface area contributed by atoms with E-state index in [9.17, 15) is 9.59 Å². The van der Waals surface area contributed by atoms with E-state index in [1.807, 2.05) is 29.2 Å². The molecule has 0 heterocycles. The standard InChI is InChI=1S/C16H23BrN2O3/c1-12(2)10-19(9-8-16(21)22-3)11-15(20)18-14-7-5-4-6-13(14)17/h4-7,12H,8-11H2,1-3H3,(H,18,20). The Morgan fingerprint density at radius 1 is 1.32 bits per heavy atom. The number of benzene rings is 1. The van der Waals surface area contributed by atoms with Crippen LogP contribution in [0, 0.1) is 5.92 Å². The summed E-state index contributed by atoms with van der Waals surface area (Å²) < 4.78 is 5.49. The van der Waals surface area contributed by atoms with Gasteiger partial charge in [0.05, 0.1) is 25.8 Å². The van der Waals surface area contributed by atoms with Gasteiger partial charge in [0.25, 0.3) is 0 Å². The fraction of sp³-hybridized carbons (Fsp3) is 0.500. The molecular weight excluding hydrogens is 348 g/mol. The SMILES string of the molecule is COC(=O)CCN(CC(=O)Nc1ccccc1Br)CC(C)C. The van der Waals surface area contributed by atoms with E-state index >= 15 is 0 Å². The lowest BCUT2D eigenvalue weighted by Gasteiger charge is -2.23. The topological polar surface area (TPSA) is 58.6 Å². The monoisotopic (exact) mass is 370 g/mol. The summed E-state index contributed by atoms with van der Waals surface area (Å²) in [5.74, 6) is 0.0475. The maximum Gasteiger partial charge on any atom is 0.306 e. The highest BCUT2D eigenvalue weighted by atomic mass is 79.9. The number of carbonyl (C=O) groups is 2. The lowest BCUT2D eigenvalue weighted by atomic mass is 10.2. The van der Waals surface area contributed by atoms with Gasteiger partial charge in [0.1, 0.15) is 0 Å². The molecule has 122 valence electrons. The number of para-hydroxylation sites is 1. The minimum absolute atomic E-state index is 0.0996. The van der Waals surface area contributed by atoms with Crippen molar-refractivity contribution in [2.75, 3.05) is 32.1 Å². The second-order valence-corrected chi connectivity index (χ2v) is 6.34. The molecular formula is C16H23BrN2O3. The van der Waals surface area contributed by atoms with E-state index in [0.717, 1.165) is 16.7 Å². The van der Waals surface area contributed by atoms with Crippen molar-refractivity contribution < 1.29 is 14.3 Å². The molecule has 0 aliphatic carbocycles. The first-order chi connectivity index (χ1) is 10.4. The van der Waals surface area contributed by atoms with Crippen molar-refractivity contribution in [2.45, 2.75) is 20.3 Å². The van der Waals surface area contributed by atoms with Gasteiger partial charge >= 0.3 is 5.97 Å². The lowest BCUT2D eigenvalue weighted by molar-refractivity contribution is -0.141. The summed E-state index contributed by atoms with van der Waals surface area (Å²) in [5, 5.41) is 2.87. The highest BCUT2D eigenvalue weighted by Gasteiger charge is 2.15. The highest BCUT2D eigenvalue weighted by molar-refractivity contribution is 9.10. The van der Waals surface area contributed by atoms with Gasteiger partial charge in [-0.1, -0.05) is 26.0 Å². The van der Waals surface area contributed by atoms with Crippen LogP contribution in [0.25, 0.3) is 0 Å². The lowest BCUT2D eigenvalue weighted by Crippen LogP contribution is -2.37. The Balaban J connectivity index is 2.58. The van der Waals surface area contributed by atoms with E-state index in [-0.39, 0.29) is 24.8 Å². The molecule has 0 aliphatic heterocycles. The summed E-state index contributed by atoms with van der Waals surface area (Å²) in [6, 6.07) is 7.46. The molecule has 0 fully saturated rings. The van der Waals surface area contributed by atoms with Gasteiger partial charge in [-0.15, -0.1) is 0 Å². The molecule has 1 rings (SSSR count). The Kier molecular flexibility index (Phi) is 8.12. The third-order valence-corrected chi connectivity index (χ3v) is 3.69. The maximum atomic E-state index is 12.2. The summed E-state index contributed by atoms with van der Waals surface area (Å²) in [5.41, 5.74) is 0.741. The number of hydrogen-bond acceptors (Lipinski definition) is 4. The molecule has 1 amide bonds. The molecule has 0 bridgehead atoms. The largest absolute Gasteiger partial charge is 0.469 e. The van der Waals surface area contributed by atoms with E-state index in [4.69, 9.17) is 0 Å². The van der Waals surface area contributed by atoms with Crippen molar-refractivity contribution in [1.82, 2.24) is 4.90 Å². The zero-order valence-electron chi connectivity index (χ0n) is 13.3. The number of nitrogens with one attached hydrogen (secondary N) is 1. The molecule has 0 atom stereocenters. The first kappa shape index (κ1) is 18.6. The molecule has 6 heteroatoms. The summed E-state index contributed by atoms with van der Waals surface area (Å²) in [6.07, 6.45) is 0.283. The number of esters is 1. The molecule has 1 aromatic rings. The molecule has 0 aromatic heterocycles. The number of halogens is 1. The average Bonchev–Trinajstić information content (AvgIpc) is 2.46. The zero-order valence-corrected chi connectivity index (χ0v) is 14.9. The average molecular weight is 371 g/mol. The molecule has 0 unspecified atom stereocenters. The van der Waals surface area contributed by atoms with Crippen LogP contribution in [0.3, 0.4) is 0 Å². The molecule has 22 heavy (non-hydrogen) atoms. The van der Waals surface area contributed by atoms with E-state index in [0.29, 0.717) is 12.5 Å². The van der Waals surface area contributed by atoms with Gasteiger partial charge in [-0.2, -0.15) is 0 Å². The highest BCUT2D eigenvalue weighted by Crippen LogP contribution is 2.21. The molecule has 0 aliphatic rings. The Morgan fingerprint density at radius 2 is 2.00 bits per heavy atom. The Bertz CT molecular complexity index is 506. The number of nitrogens with zero attached hydrogens (tertiary/aromatic N) is 1. The molecule has 1 aromatic carbocycles. The second-order valence-electron chi connectivity index (χ2n) is 5.48. The van der Waals surface area contributed by atoms with Crippen molar-refractivity contribution in [3.63, 3.8) is 0 Å². The first-order valence-corrected chi connectivity index (χ1v) is 8.05. The first-order valence-electron chi connectivity index (χ1n) is 7.26. The van der Waals surface area contributed by atoms with Gasteiger partial charge in [0, 0.05) is 17.6 Å². The van der Waals surface area contributed by atoms with Gasteiger partial charge in [0.15, 0.2) is 0 Å². The normalized spacial score (nSPS) is 10.8. The van der Waals surface area contributed by atoms with Gasteiger partial charge in [-0.05, 0) is 34.0 Å². The second kappa shape index (κ2) is 9.58. The van der Waals surface area contributed by atoms with Crippen LogP contribution in [0.1, 0.15) is 20.3 Å². The van der Waals surface area contributed by atoms with Gasteiger partial charge in [-0.25, -0.2) is 0 Å². The van der Waals surface area contributed by atoms with Crippen molar-refractivity contribution >= 4 is 33.5 Å².